The zero-order chi connectivity index (χ0) is 22.3. The van der Waals surface area contributed by atoms with Crippen LogP contribution in [0.4, 0.5) is 5.69 Å². The van der Waals surface area contributed by atoms with Gasteiger partial charge in [-0.1, -0.05) is 0 Å². The highest BCUT2D eigenvalue weighted by Crippen LogP contribution is 2.26. The Labute approximate surface area is 177 Å². The van der Waals surface area contributed by atoms with E-state index < -0.39 is 11.5 Å². The second-order valence-corrected chi connectivity index (χ2v) is 7.33. The number of anilines is 1. The van der Waals surface area contributed by atoms with Crippen molar-refractivity contribution in [3.05, 3.63) is 69.1 Å². The molecule has 0 bridgehead atoms. The summed E-state index contributed by atoms with van der Waals surface area (Å²) < 4.78 is 10.6. The van der Waals surface area contributed by atoms with Gasteiger partial charge in [0.25, 0.3) is 11.8 Å². The molecule has 0 fully saturated rings. The number of hydrogen-bond acceptors (Lipinski definition) is 6. The van der Waals surface area contributed by atoms with Gasteiger partial charge < -0.3 is 14.5 Å². The number of benzene rings is 2. The van der Waals surface area contributed by atoms with E-state index in [0.29, 0.717) is 28.1 Å². The zero-order valence-corrected chi connectivity index (χ0v) is 17.3. The Morgan fingerprint density at radius 1 is 1.06 bits per heavy atom. The number of nitrogens with one attached hydrogen (secondary N) is 1. The van der Waals surface area contributed by atoms with Gasteiger partial charge in [0.1, 0.15) is 11.3 Å². The number of hydrogen-bond donors (Lipinski definition) is 1. The topological polar surface area (TPSA) is 106 Å². The molecular weight excluding hydrogens is 400 g/mol. The largest absolute Gasteiger partial charge is 0.497 e. The van der Waals surface area contributed by atoms with Crippen LogP contribution in [0.2, 0.25) is 0 Å². The predicted molar refractivity (Wildman–Crippen MR) is 114 cm³/mol. The molecule has 1 N–H and O–H groups in total. The Morgan fingerprint density at radius 3 is 2.55 bits per heavy atom. The van der Waals surface area contributed by atoms with Gasteiger partial charge in [-0.3, -0.25) is 19.3 Å². The molecule has 8 nitrogen and oxygen atoms in total. The van der Waals surface area contributed by atoms with Crippen LogP contribution in [-0.4, -0.2) is 36.8 Å². The van der Waals surface area contributed by atoms with E-state index in [4.69, 9.17) is 9.15 Å². The van der Waals surface area contributed by atoms with Crippen molar-refractivity contribution >= 4 is 34.4 Å². The second-order valence-electron chi connectivity index (χ2n) is 7.33. The minimum atomic E-state index is -0.490. The molecule has 1 aliphatic heterocycles. The fraction of sp³-hybridized carbons (Fsp3) is 0.217. The maximum Gasteiger partial charge on any atom is 0.339 e. The van der Waals surface area contributed by atoms with E-state index in [-0.39, 0.29) is 30.2 Å². The third kappa shape index (κ3) is 3.56. The lowest BCUT2D eigenvalue weighted by molar-refractivity contribution is -0.116. The lowest BCUT2D eigenvalue weighted by atomic mass is 10.0. The van der Waals surface area contributed by atoms with Gasteiger partial charge in [-0.05, 0) is 49.2 Å². The number of amides is 3. The standard InChI is InChI=1S/C23H20N2O6/c1-12-15-7-5-14(30-3)11-19(15)31-23(29)16(12)8-9-20(26)24-13-4-6-17-18(10-13)22(28)25(2)21(17)27/h4-7,10-11H,8-9H2,1-3H3,(H,24,26). The van der Waals surface area contributed by atoms with Gasteiger partial charge in [-0.2, -0.15) is 0 Å². The molecule has 2 aromatic carbocycles. The van der Waals surface area contributed by atoms with Crippen molar-refractivity contribution in [2.45, 2.75) is 19.8 Å². The lowest BCUT2D eigenvalue weighted by Crippen LogP contribution is -2.24. The van der Waals surface area contributed by atoms with Crippen molar-refractivity contribution in [3.63, 3.8) is 0 Å². The SMILES string of the molecule is COc1ccc2c(C)c(CCC(=O)Nc3ccc4c(c3)C(=O)N(C)C4=O)c(=O)oc2c1. The van der Waals surface area contributed by atoms with Crippen molar-refractivity contribution in [1.82, 2.24) is 4.90 Å². The molecule has 1 aromatic heterocycles. The molecule has 2 heterocycles. The number of nitrogens with zero attached hydrogens (tertiary/aromatic N) is 1. The number of carbonyl (C=O) groups is 3. The van der Waals surface area contributed by atoms with Gasteiger partial charge in [-0.15, -0.1) is 0 Å². The minimum absolute atomic E-state index is 0.0527. The van der Waals surface area contributed by atoms with Crippen LogP contribution in [0.3, 0.4) is 0 Å². The van der Waals surface area contributed by atoms with Crippen molar-refractivity contribution in [2.75, 3.05) is 19.5 Å². The maximum absolute atomic E-state index is 12.4. The molecular formula is C23H20N2O6. The molecule has 3 aromatic rings. The van der Waals surface area contributed by atoms with Gasteiger partial charge in [0.05, 0.1) is 18.2 Å². The van der Waals surface area contributed by atoms with Crippen LogP contribution < -0.4 is 15.7 Å². The fourth-order valence-corrected chi connectivity index (χ4v) is 3.69. The molecule has 31 heavy (non-hydrogen) atoms. The number of ether oxygens (including phenoxy) is 1. The first-order chi connectivity index (χ1) is 14.8. The summed E-state index contributed by atoms with van der Waals surface area (Å²) in [5.74, 6) is -0.507. The van der Waals surface area contributed by atoms with Crippen molar-refractivity contribution in [2.24, 2.45) is 0 Å². The van der Waals surface area contributed by atoms with Crippen molar-refractivity contribution in [3.8, 4) is 5.75 Å². The summed E-state index contributed by atoms with van der Waals surface area (Å²) in [6.07, 6.45) is 0.254. The average Bonchev–Trinajstić information content (AvgIpc) is 2.96. The minimum Gasteiger partial charge on any atom is -0.497 e. The first kappa shape index (κ1) is 20.3. The quantitative estimate of drug-likeness (QED) is 0.503. The van der Waals surface area contributed by atoms with Gasteiger partial charge in [-0.25, -0.2) is 4.79 Å². The number of aryl methyl sites for hydroxylation is 1. The summed E-state index contributed by atoms with van der Waals surface area (Å²) in [7, 11) is 2.95. The second kappa shape index (κ2) is 7.71. The van der Waals surface area contributed by atoms with E-state index in [1.54, 1.807) is 18.2 Å². The molecule has 0 saturated heterocycles. The molecule has 3 amide bonds. The molecule has 4 rings (SSSR count). The van der Waals surface area contributed by atoms with Crippen LogP contribution in [0.25, 0.3) is 11.0 Å². The Hall–Kier alpha value is -3.94. The lowest BCUT2D eigenvalue weighted by Gasteiger charge is -2.09. The number of carbonyl (C=O) groups excluding carboxylic acids is 3. The number of fused-ring (bicyclic) bond motifs is 2. The van der Waals surface area contributed by atoms with Crippen LogP contribution in [0.5, 0.6) is 5.75 Å². The van der Waals surface area contributed by atoms with Gasteiger partial charge in [0.15, 0.2) is 0 Å². The molecule has 158 valence electrons. The van der Waals surface area contributed by atoms with E-state index in [2.05, 4.69) is 5.32 Å². The summed E-state index contributed by atoms with van der Waals surface area (Å²) in [6.45, 7) is 1.82. The fourth-order valence-electron chi connectivity index (χ4n) is 3.69. The van der Waals surface area contributed by atoms with Crippen LogP contribution >= 0.6 is 0 Å². The molecule has 0 radical (unpaired) electrons. The molecule has 0 unspecified atom stereocenters. The van der Waals surface area contributed by atoms with Gasteiger partial charge in [0, 0.05) is 36.2 Å². The first-order valence-electron chi connectivity index (χ1n) is 9.66. The van der Waals surface area contributed by atoms with Crippen LogP contribution in [0.15, 0.2) is 45.6 Å². The molecule has 0 atom stereocenters. The summed E-state index contributed by atoms with van der Waals surface area (Å²) in [5, 5.41) is 3.49. The number of imide groups is 1. The third-order valence-corrected chi connectivity index (χ3v) is 5.47. The highest BCUT2D eigenvalue weighted by molar-refractivity contribution is 6.21. The van der Waals surface area contributed by atoms with Gasteiger partial charge in [0.2, 0.25) is 5.91 Å². The molecule has 0 saturated carbocycles. The van der Waals surface area contributed by atoms with E-state index in [1.807, 2.05) is 13.0 Å². The zero-order valence-electron chi connectivity index (χ0n) is 17.3. The molecule has 0 spiro atoms. The maximum atomic E-state index is 12.4. The van der Waals surface area contributed by atoms with E-state index in [9.17, 15) is 19.2 Å². The molecule has 0 aliphatic carbocycles. The van der Waals surface area contributed by atoms with Crippen molar-refractivity contribution in [1.29, 1.82) is 0 Å². The Balaban J connectivity index is 1.50. The monoisotopic (exact) mass is 420 g/mol. The third-order valence-electron chi connectivity index (χ3n) is 5.47. The van der Waals surface area contributed by atoms with Gasteiger partial charge >= 0.3 is 5.63 Å². The summed E-state index contributed by atoms with van der Waals surface area (Å²) in [4.78, 5) is 50.0. The van der Waals surface area contributed by atoms with Crippen LogP contribution in [0.1, 0.15) is 38.3 Å². The first-order valence-corrected chi connectivity index (χ1v) is 9.66. The summed E-state index contributed by atoms with van der Waals surface area (Å²) in [5.41, 5.74) is 2.11. The van der Waals surface area contributed by atoms with Crippen LogP contribution in [0, 0.1) is 6.92 Å². The molecule has 8 heteroatoms. The number of rotatable bonds is 5. The smallest absolute Gasteiger partial charge is 0.339 e. The van der Waals surface area contributed by atoms with E-state index in [0.717, 1.165) is 15.8 Å². The highest BCUT2D eigenvalue weighted by Gasteiger charge is 2.32. The van der Waals surface area contributed by atoms with E-state index >= 15 is 0 Å². The van der Waals surface area contributed by atoms with E-state index in [1.165, 1.54) is 26.3 Å². The number of methoxy groups -OCH3 is 1. The Kier molecular flexibility index (Phi) is 5.06. The molecule has 1 aliphatic rings. The van der Waals surface area contributed by atoms with Crippen LogP contribution in [-0.2, 0) is 11.2 Å². The Bertz CT molecular complexity index is 1310. The average molecular weight is 420 g/mol. The normalized spacial score (nSPS) is 12.9. The Morgan fingerprint density at radius 2 is 1.81 bits per heavy atom. The highest BCUT2D eigenvalue weighted by atomic mass is 16.5. The summed E-state index contributed by atoms with van der Waals surface area (Å²) in [6, 6.07) is 9.83. The van der Waals surface area contributed by atoms with Crippen molar-refractivity contribution < 1.29 is 23.5 Å². The summed E-state index contributed by atoms with van der Waals surface area (Å²) >= 11 is 0. The predicted octanol–water partition coefficient (Wildman–Crippen LogP) is 2.91.